The van der Waals surface area contributed by atoms with Gasteiger partial charge in [-0.15, -0.1) is 0 Å². The van der Waals surface area contributed by atoms with Crippen molar-refractivity contribution in [3.63, 3.8) is 0 Å². The Hall–Kier alpha value is -1.97. The summed E-state index contributed by atoms with van der Waals surface area (Å²) in [6.45, 7) is 3.76. The lowest BCUT2D eigenvalue weighted by Gasteiger charge is -2.09. The van der Waals surface area contributed by atoms with Crippen LogP contribution < -0.4 is 5.32 Å². The van der Waals surface area contributed by atoms with E-state index in [1.165, 1.54) is 6.07 Å². The Morgan fingerprint density at radius 1 is 1.24 bits per heavy atom. The van der Waals surface area contributed by atoms with Gasteiger partial charge in [-0.1, -0.05) is 6.07 Å². The van der Waals surface area contributed by atoms with Crippen molar-refractivity contribution in [2.45, 2.75) is 13.8 Å². The standard InChI is InChI=1S/C13H14FN3/c1-8-6-9(2)12(10(14)7-8)11-4-5-16-13(15-3)17-11/h4-7H,1-3H3,(H,15,16,17). The lowest BCUT2D eigenvalue weighted by molar-refractivity contribution is 0.628. The van der Waals surface area contributed by atoms with Crippen LogP contribution >= 0.6 is 0 Å². The predicted octanol–water partition coefficient (Wildman–Crippen LogP) is 2.94. The summed E-state index contributed by atoms with van der Waals surface area (Å²) >= 11 is 0. The average molecular weight is 231 g/mol. The third-order valence-electron chi connectivity index (χ3n) is 2.57. The second-order valence-corrected chi connectivity index (χ2v) is 3.95. The van der Waals surface area contributed by atoms with Gasteiger partial charge in [-0.05, 0) is 37.1 Å². The quantitative estimate of drug-likeness (QED) is 0.863. The van der Waals surface area contributed by atoms with Gasteiger partial charge in [0.25, 0.3) is 0 Å². The van der Waals surface area contributed by atoms with Gasteiger partial charge in [0, 0.05) is 18.8 Å². The fourth-order valence-electron chi connectivity index (χ4n) is 1.86. The molecule has 0 aliphatic heterocycles. The maximum atomic E-state index is 14.0. The second kappa shape index (κ2) is 4.49. The van der Waals surface area contributed by atoms with Crippen molar-refractivity contribution in [1.82, 2.24) is 9.97 Å². The van der Waals surface area contributed by atoms with Crippen molar-refractivity contribution in [3.8, 4) is 11.3 Å². The topological polar surface area (TPSA) is 37.8 Å². The molecule has 17 heavy (non-hydrogen) atoms. The first kappa shape index (κ1) is 11.5. The molecule has 4 heteroatoms. The summed E-state index contributed by atoms with van der Waals surface area (Å²) in [7, 11) is 1.73. The lowest BCUT2D eigenvalue weighted by Crippen LogP contribution is -1.99. The van der Waals surface area contributed by atoms with Crippen molar-refractivity contribution in [2.75, 3.05) is 12.4 Å². The molecule has 2 rings (SSSR count). The summed E-state index contributed by atoms with van der Waals surface area (Å²) < 4.78 is 14.0. The number of nitrogens with one attached hydrogen (secondary N) is 1. The first-order chi connectivity index (χ1) is 8.11. The summed E-state index contributed by atoms with van der Waals surface area (Å²) in [5, 5.41) is 2.84. The van der Waals surface area contributed by atoms with E-state index in [1.807, 2.05) is 19.9 Å². The number of halogens is 1. The van der Waals surface area contributed by atoms with E-state index in [9.17, 15) is 4.39 Å². The molecule has 0 spiro atoms. The molecule has 0 amide bonds. The van der Waals surface area contributed by atoms with E-state index in [4.69, 9.17) is 0 Å². The highest BCUT2D eigenvalue weighted by Crippen LogP contribution is 2.26. The van der Waals surface area contributed by atoms with E-state index in [-0.39, 0.29) is 5.82 Å². The molecule has 1 aromatic heterocycles. The Kier molecular flexibility index (Phi) is 3.04. The molecule has 1 aromatic carbocycles. The molecule has 0 saturated carbocycles. The number of rotatable bonds is 2. The number of hydrogen-bond acceptors (Lipinski definition) is 3. The molecule has 88 valence electrons. The molecule has 0 unspecified atom stereocenters. The van der Waals surface area contributed by atoms with Gasteiger partial charge < -0.3 is 5.32 Å². The largest absolute Gasteiger partial charge is 0.357 e. The van der Waals surface area contributed by atoms with Crippen LogP contribution in [0.25, 0.3) is 11.3 Å². The van der Waals surface area contributed by atoms with Gasteiger partial charge in [-0.3, -0.25) is 0 Å². The molecule has 2 aromatic rings. The van der Waals surface area contributed by atoms with E-state index in [2.05, 4.69) is 15.3 Å². The zero-order chi connectivity index (χ0) is 12.4. The number of aromatic nitrogens is 2. The van der Waals surface area contributed by atoms with Gasteiger partial charge in [0.05, 0.1) is 5.69 Å². The van der Waals surface area contributed by atoms with Crippen LogP contribution in [0.4, 0.5) is 10.3 Å². The molecule has 0 radical (unpaired) electrons. The molecule has 0 aliphatic carbocycles. The zero-order valence-electron chi connectivity index (χ0n) is 10.1. The molecular formula is C13H14FN3. The number of benzene rings is 1. The summed E-state index contributed by atoms with van der Waals surface area (Å²) in [4.78, 5) is 8.27. The Balaban J connectivity index is 2.60. The van der Waals surface area contributed by atoms with Crippen LogP contribution in [-0.4, -0.2) is 17.0 Å². The Morgan fingerprint density at radius 3 is 2.65 bits per heavy atom. The molecule has 1 N–H and O–H groups in total. The monoisotopic (exact) mass is 231 g/mol. The molecule has 0 bridgehead atoms. The number of aryl methyl sites for hydroxylation is 2. The van der Waals surface area contributed by atoms with Gasteiger partial charge in [-0.2, -0.15) is 0 Å². The van der Waals surface area contributed by atoms with E-state index in [0.717, 1.165) is 11.1 Å². The Labute approximate surface area is 99.7 Å². The van der Waals surface area contributed by atoms with Crippen LogP contribution in [0, 0.1) is 19.7 Å². The highest BCUT2D eigenvalue weighted by molar-refractivity contribution is 5.65. The second-order valence-electron chi connectivity index (χ2n) is 3.95. The van der Waals surface area contributed by atoms with Crippen molar-refractivity contribution in [1.29, 1.82) is 0 Å². The van der Waals surface area contributed by atoms with Gasteiger partial charge in [0.15, 0.2) is 0 Å². The van der Waals surface area contributed by atoms with Gasteiger partial charge in [-0.25, -0.2) is 14.4 Å². The minimum Gasteiger partial charge on any atom is -0.357 e. The SMILES string of the molecule is CNc1nccc(-c2c(C)cc(C)cc2F)n1. The smallest absolute Gasteiger partial charge is 0.222 e. The predicted molar refractivity (Wildman–Crippen MR) is 66.4 cm³/mol. The third-order valence-corrected chi connectivity index (χ3v) is 2.57. The first-order valence-electron chi connectivity index (χ1n) is 5.39. The average Bonchev–Trinajstić information content (AvgIpc) is 2.28. The van der Waals surface area contributed by atoms with Crippen LogP contribution in [-0.2, 0) is 0 Å². The fourth-order valence-corrected chi connectivity index (χ4v) is 1.86. The number of hydrogen-bond donors (Lipinski definition) is 1. The van der Waals surface area contributed by atoms with Crippen LogP contribution in [0.2, 0.25) is 0 Å². The van der Waals surface area contributed by atoms with E-state index in [0.29, 0.717) is 17.2 Å². The van der Waals surface area contributed by atoms with Gasteiger partial charge in [0.2, 0.25) is 5.95 Å². The van der Waals surface area contributed by atoms with Crippen LogP contribution in [0.3, 0.4) is 0 Å². The zero-order valence-corrected chi connectivity index (χ0v) is 10.1. The normalized spacial score (nSPS) is 10.4. The summed E-state index contributed by atoms with van der Waals surface area (Å²) in [6.07, 6.45) is 1.62. The van der Waals surface area contributed by atoms with Crippen molar-refractivity contribution >= 4 is 5.95 Å². The van der Waals surface area contributed by atoms with Gasteiger partial charge >= 0.3 is 0 Å². The molecule has 0 fully saturated rings. The maximum absolute atomic E-state index is 14.0. The maximum Gasteiger partial charge on any atom is 0.222 e. The Bertz CT molecular complexity index is 529. The van der Waals surface area contributed by atoms with Crippen LogP contribution in [0.1, 0.15) is 11.1 Å². The summed E-state index contributed by atoms with van der Waals surface area (Å²) in [6, 6.07) is 5.17. The van der Waals surface area contributed by atoms with Crippen molar-refractivity contribution < 1.29 is 4.39 Å². The van der Waals surface area contributed by atoms with E-state index >= 15 is 0 Å². The van der Waals surface area contributed by atoms with Gasteiger partial charge in [0.1, 0.15) is 5.82 Å². The molecule has 0 saturated heterocycles. The summed E-state index contributed by atoms with van der Waals surface area (Å²) in [5.74, 6) is 0.241. The molecule has 1 heterocycles. The molecule has 0 aliphatic rings. The molecule has 3 nitrogen and oxygen atoms in total. The third kappa shape index (κ3) is 2.25. The molecule has 0 atom stereocenters. The highest BCUT2D eigenvalue weighted by Gasteiger charge is 2.11. The summed E-state index contributed by atoms with van der Waals surface area (Å²) in [5.41, 5.74) is 2.92. The highest BCUT2D eigenvalue weighted by atomic mass is 19.1. The minimum absolute atomic E-state index is 0.247. The van der Waals surface area contributed by atoms with Crippen molar-refractivity contribution in [2.24, 2.45) is 0 Å². The fraction of sp³-hybridized carbons (Fsp3) is 0.231. The van der Waals surface area contributed by atoms with E-state index < -0.39 is 0 Å². The van der Waals surface area contributed by atoms with Crippen LogP contribution in [0.5, 0.6) is 0 Å². The van der Waals surface area contributed by atoms with Crippen molar-refractivity contribution in [3.05, 3.63) is 41.3 Å². The lowest BCUT2D eigenvalue weighted by atomic mass is 10.0. The van der Waals surface area contributed by atoms with E-state index in [1.54, 1.807) is 19.3 Å². The molecular weight excluding hydrogens is 217 g/mol. The number of nitrogens with zero attached hydrogens (tertiary/aromatic N) is 2. The van der Waals surface area contributed by atoms with Crippen LogP contribution in [0.15, 0.2) is 24.4 Å². The Morgan fingerprint density at radius 2 is 2.00 bits per heavy atom. The number of anilines is 1. The minimum atomic E-state index is -0.247. The first-order valence-corrected chi connectivity index (χ1v) is 5.39.